The van der Waals surface area contributed by atoms with Crippen molar-refractivity contribution >= 4 is 0 Å². The van der Waals surface area contributed by atoms with Crippen LogP contribution in [0.5, 0.6) is 0 Å². The molecule has 0 spiro atoms. The van der Waals surface area contributed by atoms with Crippen LogP contribution in [-0.2, 0) is 25.9 Å². The van der Waals surface area contributed by atoms with E-state index in [1.54, 1.807) is 0 Å². The Labute approximate surface area is 118 Å². The summed E-state index contributed by atoms with van der Waals surface area (Å²) in [4.78, 5) is 0. The summed E-state index contributed by atoms with van der Waals surface area (Å²) in [6.45, 7) is 1.80. The fourth-order valence-corrected chi connectivity index (χ4v) is 3.46. The Morgan fingerprint density at radius 3 is 3.00 bits per heavy atom. The molecule has 5 heteroatoms. The second kappa shape index (κ2) is 4.74. The minimum Gasteiger partial charge on any atom is -0.388 e. The van der Waals surface area contributed by atoms with E-state index in [1.165, 1.54) is 18.4 Å². The number of aliphatic hydroxyl groups excluding tert-OH is 1. The zero-order valence-electron chi connectivity index (χ0n) is 11.6. The van der Waals surface area contributed by atoms with Crippen molar-refractivity contribution in [3.8, 4) is 0 Å². The smallest absolute Gasteiger partial charge is 0.152 e. The highest BCUT2D eigenvalue weighted by atomic mass is 16.3. The van der Waals surface area contributed by atoms with Crippen LogP contribution in [0, 0.1) is 0 Å². The molecule has 20 heavy (non-hydrogen) atoms. The van der Waals surface area contributed by atoms with Crippen LogP contribution in [0.1, 0.15) is 54.6 Å². The van der Waals surface area contributed by atoms with Crippen molar-refractivity contribution in [2.24, 2.45) is 0 Å². The first-order chi connectivity index (χ1) is 9.81. The fourth-order valence-electron chi connectivity index (χ4n) is 3.46. The van der Waals surface area contributed by atoms with Gasteiger partial charge in [0.1, 0.15) is 5.82 Å². The van der Waals surface area contributed by atoms with E-state index in [9.17, 15) is 5.11 Å². The van der Waals surface area contributed by atoms with Gasteiger partial charge in [-0.2, -0.15) is 0 Å². The summed E-state index contributed by atoms with van der Waals surface area (Å²) < 4.78 is 4.42. The Kier molecular flexibility index (Phi) is 2.88. The van der Waals surface area contributed by atoms with E-state index in [1.807, 2.05) is 0 Å². The van der Waals surface area contributed by atoms with E-state index in [2.05, 4.69) is 31.7 Å². The zero-order chi connectivity index (χ0) is 13.5. The molecule has 0 amide bonds. The number of rotatable bonds is 2. The van der Waals surface area contributed by atoms with E-state index in [-0.39, 0.29) is 6.10 Å². The summed E-state index contributed by atoms with van der Waals surface area (Å²) in [5.74, 6) is 2.17. The lowest BCUT2D eigenvalue weighted by Crippen LogP contribution is -2.14. The summed E-state index contributed by atoms with van der Waals surface area (Å²) in [5.41, 5.74) is 2.40. The summed E-state index contributed by atoms with van der Waals surface area (Å²) >= 11 is 0. The maximum absolute atomic E-state index is 10.0. The highest BCUT2D eigenvalue weighted by molar-refractivity contribution is 5.29. The average molecular weight is 272 g/mol. The molecule has 1 atom stereocenters. The topological polar surface area (TPSA) is 55.9 Å². The summed E-state index contributed by atoms with van der Waals surface area (Å²) in [6.07, 6.45) is 10.5. The predicted molar refractivity (Wildman–Crippen MR) is 74.4 cm³/mol. The molecule has 0 saturated carbocycles. The minimum absolute atomic E-state index is 0.285. The van der Waals surface area contributed by atoms with Gasteiger partial charge < -0.3 is 14.2 Å². The monoisotopic (exact) mass is 272 g/mol. The van der Waals surface area contributed by atoms with Gasteiger partial charge in [0.05, 0.1) is 12.6 Å². The minimum atomic E-state index is -0.285. The van der Waals surface area contributed by atoms with E-state index < -0.39 is 0 Å². The normalized spacial score (nSPS) is 21.6. The van der Waals surface area contributed by atoms with Gasteiger partial charge in [-0.3, -0.25) is 0 Å². The second-order valence-electron chi connectivity index (χ2n) is 5.96. The number of hydrogen-bond acceptors (Lipinski definition) is 3. The molecule has 2 aliphatic rings. The number of aromatic nitrogens is 4. The van der Waals surface area contributed by atoms with Crippen LogP contribution in [0.25, 0.3) is 0 Å². The van der Waals surface area contributed by atoms with Crippen molar-refractivity contribution in [1.29, 1.82) is 0 Å². The molecule has 5 nitrogen and oxygen atoms in total. The Hall–Kier alpha value is -1.62. The first-order valence-electron chi connectivity index (χ1n) is 7.59. The maximum atomic E-state index is 10.0. The summed E-state index contributed by atoms with van der Waals surface area (Å²) in [6, 6.07) is 0. The second-order valence-corrected chi connectivity index (χ2v) is 5.96. The fraction of sp³-hybridized carbons (Fsp3) is 0.600. The van der Waals surface area contributed by atoms with Crippen LogP contribution in [0.2, 0.25) is 0 Å². The molecular weight excluding hydrogens is 252 g/mol. The third-order valence-corrected chi connectivity index (χ3v) is 4.54. The Morgan fingerprint density at radius 2 is 2.10 bits per heavy atom. The third kappa shape index (κ3) is 1.97. The third-order valence-electron chi connectivity index (χ3n) is 4.54. The number of aryl methyl sites for hydroxylation is 2. The lowest BCUT2D eigenvalue weighted by atomic mass is 9.93. The molecule has 1 aliphatic heterocycles. The van der Waals surface area contributed by atoms with Gasteiger partial charge in [0.15, 0.2) is 5.82 Å². The Morgan fingerprint density at radius 1 is 1.15 bits per heavy atom. The zero-order valence-corrected chi connectivity index (χ0v) is 11.6. The highest BCUT2D eigenvalue weighted by Gasteiger charge is 2.21. The van der Waals surface area contributed by atoms with E-state index in [4.69, 9.17) is 0 Å². The molecule has 0 radical (unpaired) electrons. The number of nitrogens with zero attached hydrogens (tertiary/aromatic N) is 4. The summed E-state index contributed by atoms with van der Waals surface area (Å²) in [5, 5.41) is 18.7. The molecule has 0 saturated heterocycles. The van der Waals surface area contributed by atoms with Crippen molar-refractivity contribution < 1.29 is 5.11 Å². The average Bonchev–Trinajstić information content (AvgIpc) is 3.05. The number of fused-ring (bicyclic) bond motifs is 2. The largest absolute Gasteiger partial charge is 0.388 e. The van der Waals surface area contributed by atoms with Gasteiger partial charge in [0.2, 0.25) is 0 Å². The van der Waals surface area contributed by atoms with Crippen LogP contribution in [0.4, 0.5) is 0 Å². The standard InChI is InChI=1S/C15H20N4O/c20-13-5-3-4-11-8-18(9-12(11)13)10-15-17-16-14-6-1-2-7-19(14)15/h8-9,13,20H,1-7,10H2. The van der Waals surface area contributed by atoms with Crippen LogP contribution in [-0.4, -0.2) is 24.4 Å². The molecule has 1 unspecified atom stereocenters. The first-order valence-corrected chi connectivity index (χ1v) is 7.59. The number of hydrogen-bond donors (Lipinski definition) is 1. The van der Waals surface area contributed by atoms with Crippen LogP contribution < -0.4 is 0 Å². The molecular formula is C15H20N4O. The maximum Gasteiger partial charge on any atom is 0.152 e. The van der Waals surface area contributed by atoms with Crippen molar-refractivity contribution in [2.45, 2.75) is 57.7 Å². The molecule has 0 aromatic carbocycles. The molecule has 1 aliphatic carbocycles. The van der Waals surface area contributed by atoms with Gasteiger partial charge in [-0.05, 0) is 37.7 Å². The number of aliphatic hydroxyl groups is 1. The van der Waals surface area contributed by atoms with Gasteiger partial charge >= 0.3 is 0 Å². The molecule has 106 valence electrons. The van der Waals surface area contributed by atoms with Crippen molar-refractivity contribution in [2.75, 3.05) is 0 Å². The van der Waals surface area contributed by atoms with Gasteiger partial charge in [0, 0.05) is 30.9 Å². The van der Waals surface area contributed by atoms with Crippen molar-refractivity contribution in [3.05, 3.63) is 35.2 Å². The van der Waals surface area contributed by atoms with Crippen molar-refractivity contribution in [3.63, 3.8) is 0 Å². The van der Waals surface area contributed by atoms with E-state index in [0.717, 1.165) is 56.0 Å². The molecule has 0 bridgehead atoms. The van der Waals surface area contributed by atoms with Gasteiger partial charge in [-0.15, -0.1) is 10.2 Å². The van der Waals surface area contributed by atoms with Crippen LogP contribution >= 0.6 is 0 Å². The SMILES string of the molecule is OC1CCCc2cn(Cc3nnc4n3CCCC4)cc21. The van der Waals surface area contributed by atoms with Crippen molar-refractivity contribution in [1.82, 2.24) is 19.3 Å². The van der Waals surface area contributed by atoms with Gasteiger partial charge in [-0.25, -0.2) is 0 Å². The quantitative estimate of drug-likeness (QED) is 0.907. The summed E-state index contributed by atoms with van der Waals surface area (Å²) in [7, 11) is 0. The Bertz CT molecular complexity index is 628. The molecule has 2 aromatic rings. The van der Waals surface area contributed by atoms with E-state index in [0.29, 0.717) is 0 Å². The molecule has 4 rings (SSSR count). The molecule has 1 N–H and O–H groups in total. The molecule has 3 heterocycles. The van der Waals surface area contributed by atoms with Gasteiger partial charge in [-0.1, -0.05) is 0 Å². The predicted octanol–water partition coefficient (Wildman–Crippen LogP) is 1.83. The van der Waals surface area contributed by atoms with Gasteiger partial charge in [0.25, 0.3) is 0 Å². The van der Waals surface area contributed by atoms with E-state index >= 15 is 0 Å². The van der Waals surface area contributed by atoms with Crippen LogP contribution in [0.3, 0.4) is 0 Å². The lowest BCUT2D eigenvalue weighted by Gasteiger charge is -2.16. The van der Waals surface area contributed by atoms with Crippen LogP contribution in [0.15, 0.2) is 12.4 Å². The molecule has 0 fully saturated rings. The highest BCUT2D eigenvalue weighted by Crippen LogP contribution is 2.30. The first kappa shape index (κ1) is 12.1. The Balaban J connectivity index is 1.62. The molecule has 2 aromatic heterocycles. The lowest BCUT2D eigenvalue weighted by molar-refractivity contribution is 0.157.